The second-order valence-corrected chi connectivity index (χ2v) is 5.46. The molecule has 3 nitrogen and oxygen atoms in total. The van der Waals surface area contributed by atoms with Crippen molar-refractivity contribution in [3.63, 3.8) is 0 Å². The third kappa shape index (κ3) is 3.59. The topological polar surface area (TPSA) is 52.9 Å². The van der Waals surface area contributed by atoms with Gasteiger partial charge in [0.1, 0.15) is 0 Å². The Morgan fingerprint density at radius 2 is 1.89 bits per heavy atom. The van der Waals surface area contributed by atoms with Gasteiger partial charge in [0.2, 0.25) is 0 Å². The Hall–Kier alpha value is -1.82. The molecule has 96 valence electrons. The molecule has 0 aliphatic rings. The van der Waals surface area contributed by atoms with E-state index in [-0.39, 0.29) is 5.41 Å². The zero-order chi connectivity index (χ0) is 13.8. The van der Waals surface area contributed by atoms with Crippen molar-refractivity contribution in [3.05, 3.63) is 35.4 Å². The molecule has 1 N–H and O–H groups in total. The predicted molar refractivity (Wildman–Crippen MR) is 72.2 cm³/mol. The molecule has 0 aromatic heterocycles. The van der Waals surface area contributed by atoms with Crippen LogP contribution >= 0.6 is 0 Å². The van der Waals surface area contributed by atoms with E-state index in [9.17, 15) is 4.79 Å². The first kappa shape index (κ1) is 14.2. The van der Waals surface area contributed by atoms with Crippen molar-refractivity contribution < 1.29 is 4.79 Å². The van der Waals surface area contributed by atoms with Gasteiger partial charge < -0.3 is 5.32 Å². The fraction of sp³-hybridized carbons (Fsp3) is 0.467. The monoisotopic (exact) mass is 244 g/mol. The highest BCUT2D eigenvalue weighted by Gasteiger charge is 2.21. The van der Waals surface area contributed by atoms with E-state index in [4.69, 9.17) is 5.26 Å². The number of carbonyl (C=O) groups excluding carboxylic acids is 1. The number of hydrogen-bond acceptors (Lipinski definition) is 2. The number of nitrogens with one attached hydrogen (secondary N) is 1. The van der Waals surface area contributed by atoms with Crippen LogP contribution in [0.15, 0.2) is 24.3 Å². The highest BCUT2D eigenvalue weighted by Crippen LogP contribution is 2.24. The third-order valence-corrected chi connectivity index (χ3v) is 3.15. The van der Waals surface area contributed by atoms with Crippen LogP contribution in [0.3, 0.4) is 0 Å². The van der Waals surface area contributed by atoms with Crippen molar-refractivity contribution in [2.75, 3.05) is 6.54 Å². The highest BCUT2D eigenvalue weighted by molar-refractivity contribution is 5.91. The molecular formula is C15H20N2O. The van der Waals surface area contributed by atoms with Gasteiger partial charge in [0.05, 0.1) is 0 Å². The van der Waals surface area contributed by atoms with Crippen LogP contribution < -0.4 is 5.32 Å². The summed E-state index contributed by atoms with van der Waals surface area (Å²) in [6.45, 7) is 8.88. The summed E-state index contributed by atoms with van der Waals surface area (Å²) < 4.78 is 0. The van der Waals surface area contributed by atoms with Gasteiger partial charge in [-0.2, -0.15) is 5.26 Å². The number of carbonyl (C=O) groups is 1. The number of benzene rings is 1. The summed E-state index contributed by atoms with van der Waals surface area (Å²) >= 11 is 0. The molecule has 0 bridgehead atoms. The maximum atomic E-state index is 11.0. The molecule has 0 atom stereocenters. The molecule has 1 rings (SSSR count). The summed E-state index contributed by atoms with van der Waals surface area (Å²) in [4.78, 5) is 11.0. The average Bonchev–Trinajstić information content (AvgIpc) is 2.36. The lowest BCUT2D eigenvalue weighted by Gasteiger charge is -2.25. The predicted octanol–water partition coefficient (Wildman–Crippen LogP) is 2.73. The van der Waals surface area contributed by atoms with Crippen LogP contribution in [-0.2, 0) is 10.2 Å². The minimum absolute atomic E-state index is 0.179. The SMILES string of the molecule is CC(C)c1ccc(C(C)(C)CNC(=O)C#N)cc1. The van der Waals surface area contributed by atoms with Crippen LogP contribution in [0.1, 0.15) is 44.7 Å². The molecule has 18 heavy (non-hydrogen) atoms. The summed E-state index contributed by atoms with van der Waals surface area (Å²) in [5.41, 5.74) is 2.28. The Morgan fingerprint density at radius 1 is 1.33 bits per heavy atom. The number of rotatable bonds is 4. The molecule has 3 heteroatoms. The van der Waals surface area contributed by atoms with E-state index >= 15 is 0 Å². The Morgan fingerprint density at radius 3 is 2.33 bits per heavy atom. The Balaban J connectivity index is 2.78. The van der Waals surface area contributed by atoms with Crippen LogP contribution in [0.2, 0.25) is 0 Å². The largest absolute Gasteiger partial charge is 0.343 e. The molecule has 0 saturated heterocycles. The Bertz CT molecular complexity index is 452. The lowest BCUT2D eigenvalue weighted by Crippen LogP contribution is -2.36. The molecule has 1 amide bonds. The van der Waals surface area contributed by atoms with Crippen LogP contribution in [0.4, 0.5) is 0 Å². The molecule has 0 radical (unpaired) electrons. The lowest BCUT2D eigenvalue weighted by molar-refractivity contribution is -0.116. The van der Waals surface area contributed by atoms with Crippen LogP contribution in [0, 0.1) is 11.3 Å². The minimum Gasteiger partial charge on any atom is -0.343 e. The maximum Gasteiger partial charge on any atom is 0.322 e. The molecule has 0 aliphatic heterocycles. The van der Waals surface area contributed by atoms with Crippen molar-refractivity contribution >= 4 is 5.91 Å². The standard InChI is InChI=1S/C15H20N2O/c1-11(2)12-5-7-13(8-6-12)15(3,4)10-17-14(18)9-16/h5-8,11H,10H2,1-4H3,(H,17,18). The molecule has 0 fully saturated rings. The van der Waals surface area contributed by atoms with Gasteiger partial charge in [-0.25, -0.2) is 0 Å². The third-order valence-electron chi connectivity index (χ3n) is 3.15. The molecule has 1 aromatic carbocycles. The number of amides is 1. The first-order valence-corrected chi connectivity index (χ1v) is 6.15. The summed E-state index contributed by atoms with van der Waals surface area (Å²) in [6.07, 6.45) is 0. The Kier molecular flexibility index (Phi) is 4.49. The van der Waals surface area contributed by atoms with E-state index < -0.39 is 5.91 Å². The van der Waals surface area contributed by atoms with Crippen molar-refractivity contribution in [1.82, 2.24) is 5.32 Å². The Labute approximate surface area is 109 Å². The molecule has 0 aliphatic carbocycles. The maximum absolute atomic E-state index is 11.0. The van der Waals surface area contributed by atoms with E-state index in [1.807, 2.05) is 0 Å². The van der Waals surface area contributed by atoms with E-state index in [1.54, 1.807) is 6.07 Å². The number of nitrogens with zero attached hydrogens (tertiary/aromatic N) is 1. The highest BCUT2D eigenvalue weighted by atomic mass is 16.1. The molecule has 0 spiro atoms. The summed E-state index contributed by atoms with van der Waals surface area (Å²) in [6, 6.07) is 9.98. The average molecular weight is 244 g/mol. The first-order chi connectivity index (χ1) is 8.36. The van der Waals surface area contributed by atoms with Gasteiger partial charge in [-0.15, -0.1) is 0 Å². The quantitative estimate of drug-likeness (QED) is 0.828. The van der Waals surface area contributed by atoms with E-state index in [2.05, 4.69) is 57.3 Å². The molecule has 0 heterocycles. The zero-order valence-electron chi connectivity index (χ0n) is 11.4. The molecule has 0 saturated carbocycles. The van der Waals surface area contributed by atoms with Gasteiger partial charge in [0.15, 0.2) is 6.07 Å². The molecule has 0 unspecified atom stereocenters. The van der Waals surface area contributed by atoms with Crippen LogP contribution in [0.25, 0.3) is 0 Å². The minimum atomic E-state index is -0.582. The summed E-state index contributed by atoms with van der Waals surface area (Å²) in [7, 11) is 0. The van der Waals surface area contributed by atoms with Gasteiger partial charge >= 0.3 is 5.91 Å². The lowest BCUT2D eigenvalue weighted by atomic mass is 9.83. The molecular weight excluding hydrogens is 224 g/mol. The molecule has 1 aromatic rings. The fourth-order valence-corrected chi connectivity index (χ4v) is 1.76. The van der Waals surface area contributed by atoms with Gasteiger partial charge in [-0.3, -0.25) is 4.79 Å². The van der Waals surface area contributed by atoms with Gasteiger partial charge in [-0.05, 0) is 17.0 Å². The van der Waals surface area contributed by atoms with E-state index in [1.165, 1.54) is 5.56 Å². The fourth-order valence-electron chi connectivity index (χ4n) is 1.76. The first-order valence-electron chi connectivity index (χ1n) is 6.15. The van der Waals surface area contributed by atoms with Crippen LogP contribution in [-0.4, -0.2) is 12.5 Å². The summed E-state index contributed by atoms with van der Waals surface area (Å²) in [5, 5.41) is 11.0. The number of hydrogen-bond donors (Lipinski definition) is 1. The number of nitriles is 1. The van der Waals surface area contributed by atoms with Gasteiger partial charge in [0.25, 0.3) is 0 Å². The smallest absolute Gasteiger partial charge is 0.322 e. The van der Waals surface area contributed by atoms with Crippen LogP contribution in [0.5, 0.6) is 0 Å². The normalized spacial score (nSPS) is 11.1. The van der Waals surface area contributed by atoms with E-state index in [0.717, 1.165) is 5.56 Å². The van der Waals surface area contributed by atoms with Crippen molar-refractivity contribution in [1.29, 1.82) is 5.26 Å². The van der Waals surface area contributed by atoms with Crippen molar-refractivity contribution in [3.8, 4) is 6.07 Å². The van der Waals surface area contributed by atoms with Gasteiger partial charge in [-0.1, -0.05) is 52.0 Å². The van der Waals surface area contributed by atoms with Crippen molar-refractivity contribution in [2.45, 2.75) is 39.0 Å². The van der Waals surface area contributed by atoms with Gasteiger partial charge in [0, 0.05) is 12.0 Å². The van der Waals surface area contributed by atoms with E-state index in [0.29, 0.717) is 12.5 Å². The van der Waals surface area contributed by atoms with Crippen molar-refractivity contribution in [2.24, 2.45) is 0 Å². The second kappa shape index (κ2) is 5.68. The zero-order valence-corrected chi connectivity index (χ0v) is 11.4. The summed E-state index contributed by atoms with van der Waals surface area (Å²) in [5.74, 6) is -0.0673. The second-order valence-electron chi connectivity index (χ2n) is 5.46.